The molecular weight excluding hydrogens is 430 g/mol. The van der Waals surface area contributed by atoms with Gasteiger partial charge in [0.05, 0.1) is 23.6 Å². The summed E-state index contributed by atoms with van der Waals surface area (Å²) in [4.78, 5) is 26.0. The molecule has 174 valence electrons. The lowest BCUT2D eigenvalue weighted by Gasteiger charge is -2.30. The van der Waals surface area contributed by atoms with Crippen LogP contribution in [0.25, 0.3) is 11.3 Å². The number of fused-ring (bicyclic) bond motifs is 1. The van der Waals surface area contributed by atoms with E-state index in [0.29, 0.717) is 28.5 Å². The molecule has 0 saturated carbocycles. The fraction of sp³-hybridized carbons (Fsp3) is 0.409. The van der Waals surface area contributed by atoms with E-state index in [0.717, 1.165) is 25.7 Å². The number of carbonyl (C=O) groups excluding carboxylic acids is 1. The molecule has 1 atom stereocenters. The molecule has 1 aliphatic rings. The van der Waals surface area contributed by atoms with E-state index < -0.39 is 11.7 Å². The molecule has 9 nitrogen and oxygen atoms in total. The number of carbonyl (C=O) groups is 1. The number of rotatable bonds is 5. The fourth-order valence-corrected chi connectivity index (χ4v) is 3.73. The topological polar surface area (TPSA) is 101 Å². The van der Waals surface area contributed by atoms with Crippen molar-refractivity contribution in [3.05, 3.63) is 41.6 Å². The van der Waals surface area contributed by atoms with E-state index in [-0.39, 0.29) is 17.8 Å². The van der Waals surface area contributed by atoms with Gasteiger partial charge in [0.25, 0.3) is 0 Å². The minimum Gasteiger partial charge on any atom is -0.339 e. The lowest BCUT2D eigenvalue weighted by Crippen LogP contribution is -2.33. The Kier molecular flexibility index (Phi) is 5.83. The van der Waals surface area contributed by atoms with Crippen molar-refractivity contribution in [1.82, 2.24) is 29.6 Å². The summed E-state index contributed by atoms with van der Waals surface area (Å²) in [7, 11) is 2.07. The Morgan fingerprint density at radius 3 is 2.64 bits per heavy atom. The number of pyridine rings is 1. The number of anilines is 3. The minimum absolute atomic E-state index is 0.196. The monoisotopic (exact) mass is 456 g/mol. The Morgan fingerprint density at radius 2 is 1.94 bits per heavy atom. The van der Waals surface area contributed by atoms with Gasteiger partial charge in [0.1, 0.15) is 11.6 Å². The summed E-state index contributed by atoms with van der Waals surface area (Å²) in [6.07, 6.45) is 1.60. The van der Waals surface area contributed by atoms with E-state index in [1.807, 2.05) is 10.7 Å². The highest BCUT2D eigenvalue weighted by Gasteiger charge is 2.29. The molecule has 0 saturated heterocycles. The van der Waals surface area contributed by atoms with E-state index in [1.54, 1.807) is 25.3 Å². The maximum Gasteiger partial charge on any atom is 0.303 e. The molecule has 1 aliphatic heterocycles. The van der Waals surface area contributed by atoms with Gasteiger partial charge in [0.2, 0.25) is 11.7 Å². The Labute approximate surface area is 190 Å². The second kappa shape index (κ2) is 8.47. The molecular formula is C22H26F2N8O. The zero-order valence-electron chi connectivity index (χ0n) is 19.1. The largest absolute Gasteiger partial charge is 0.339 e. The van der Waals surface area contributed by atoms with Crippen molar-refractivity contribution in [2.45, 2.75) is 46.2 Å². The van der Waals surface area contributed by atoms with Crippen LogP contribution in [0.2, 0.25) is 0 Å². The normalized spacial score (nSPS) is 16.4. The third-order valence-electron chi connectivity index (χ3n) is 5.56. The summed E-state index contributed by atoms with van der Waals surface area (Å²) in [6.45, 7) is 7.52. The predicted octanol–water partition coefficient (Wildman–Crippen LogP) is 3.86. The van der Waals surface area contributed by atoms with Crippen LogP contribution in [-0.4, -0.2) is 49.1 Å². The van der Waals surface area contributed by atoms with Gasteiger partial charge in [0.15, 0.2) is 0 Å². The third kappa shape index (κ3) is 4.82. The Hall–Kier alpha value is -3.47. The first-order chi connectivity index (χ1) is 15.5. The molecule has 3 aromatic rings. The van der Waals surface area contributed by atoms with Crippen LogP contribution in [0.3, 0.4) is 0 Å². The maximum absolute atomic E-state index is 13.9. The summed E-state index contributed by atoms with van der Waals surface area (Å²) in [5, 5.41) is 10.5. The Bertz CT molecular complexity index is 1200. The molecule has 1 amide bonds. The van der Waals surface area contributed by atoms with Crippen molar-refractivity contribution >= 4 is 23.2 Å². The van der Waals surface area contributed by atoms with Crippen LogP contribution < -0.4 is 10.6 Å². The molecule has 33 heavy (non-hydrogen) atoms. The van der Waals surface area contributed by atoms with Gasteiger partial charge in [-0.05, 0) is 27.0 Å². The van der Waals surface area contributed by atoms with Crippen molar-refractivity contribution in [3.63, 3.8) is 0 Å². The second-order valence-corrected chi connectivity index (χ2v) is 8.36. The van der Waals surface area contributed by atoms with Crippen LogP contribution in [0.4, 0.5) is 26.1 Å². The van der Waals surface area contributed by atoms with Crippen LogP contribution >= 0.6 is 0 Å². The summed E-state index contributed by atoms with van der Waals surface area (Å²) < 4.78 is 29.7. The van der Waals surface area contributed by atoms with Crippen molar-refractivity contribution in [3.8, 4) is 11.3 Å². The van der Waals surface area contributed by atoms with E-state index in [4.69, 9.17) is 5.10 Å². The first kappa shape index (κ1) is 22.7. The van der Waals surface area contributed by atoms with Gasteiger partial charge in [-0.25, -0.2) is 15.0 Å². The van der Waals surface area contributed by atoms with E-state index in [9.17, 15) is 13.6 Å². The number of likely N-dealkylation sites (N-methyl/N-ethyl adjacent to an activating group) is 1. The zero-order valence-corrected chi connectivity index (χ0v) is 19.1. The average molecular weight is 457 g/mol. The van der Waals surface area contributed by atoms with E-state index >= 15 is 0 Å². The summed E-state index contributed by atoms with van der Waals surface area (Å²) in [6, 6.07) is 5.40. The smallest absolute Gasteiger partial charge is 0.303 e. The lowest BCUT2D eigenvalue weighted by molar-refractivity contribution is -0.114. The van der Waals surface area contributed by atoms with Crippen LogP contribution in [0, 0.1) is 6.92 Å². The molecule has 2 N–H and O–H groups in total. The number of halogens is 2. The van der Waals surface area contributed by atoms with Gasteiger partial charge >= 0.3 is 5.92 Å². The van der Waals surface area contributed by atoms with Crippen LogP contribution in [0.1, 0.15) is 44.0 Å². The molecule has 0 bridgehead atoms. The number of aromatic nitrogens is 5. The molecule has 4 heterocycles. The molecule has 0 spiro atoms. The summed E-state index contributed by atoms with van der Waals surface area (Å²) in [5.74, 6) is -3.51. The summed E-state index contributed by atoms with van der Waals surface area (Å²) in [5.41, 5.74) is 3.33. The molecule has 11 heteroatoms. The van der Waals surface area contributed by atoms with Gasteiger partial charge in [-0.15, -0.1) is 0 Å². The molecule has 1 unspecified atom stereocenters. The van der Waals surface area contributed by atoms with Crippen molar-refractivity contribution < 1.29 is 13.6 Å². The first-order valence-electron chi connectivity index (χ1n) is 10.6. The highest BCUT2D eigenvalue weighted by molar-refractivity contribution is 5.89. The number of aryl methyl sites for hydroxylation is 1. The highest BCUT2D eigenvalue weighted by Crippen LogP contribution is 2.34. The Morgan fingerprint density at radius 1 is 1.18 bits per heavy atom. The van der Waals surface area contributed by atoms with Crippen molar-refractivity contribution in [1.29, 1.82) is 0 Å². The van der Waals surface area contributed by atoms with E-state index in [2.05, 4.69) is 44.5 Å². The summed E-state index contributed by atoms with van der Waals surface area (Å²) >= 11 is 0. The fourth-order valence-electron chi connectivity index (χ4n) is 3.73. The van der Waals surface area contributed by atoms with Crippen LogP contribution in [0.15, 0.2) is 24.4 Å². The zero-order chi connectivity index (χ0) is 23.9. The number of nitrogens with one attached hydrogen (secondary N) is 2. The van der Waals surface area contributed by atoms with Gasteiger partial charge in [-0.3, -0.25) is 14.4 Å². The predicted molar refractivity (Wildman–Crippen MR) is 120 cm³/mol. The molecule has 3 aromatic heterocycles. The van der Waals surface area contributed by atoms with Crippen molar-refractivity contribution in [2.75, 3.05) is 24.2 Å². The molecule has 0 fully saturated rings. The van der Waals surface area contributed by atoms with Gasteiger partial charge in [-0.1, -0.05) is 0 Å². The highest BCUT2D eigenvalue weighted by atomic mass is 19.3. The number of nitrogens with zero attached hydrogens (tertiary/aromatic N) is 6. The van der Waals surface area contributed by atoms with Crippen molar-refractivity contribution in [2.24, 2.45) is 0 Å². The standard InChI is InChI=1S/C22H26F2N8O/c1-12-8-20(29-21(26-12)22(4,23)24)28-16-10-19(27-14(3)33)25-11-15(16)17-9-18-13(2)31(5)6-7-32(18)30-17/h8-11,13H,6-7H2,1-5H3,(H2,25,26,27,28,29,33). The molecule has 0 radical (unpaired) electrons. The third-order valence-corrected chi connectivity index (χ3v) is 5.56. The molecule has 4 rings (SSSR count). The minimum atomic E-state index is -3.18. The second-order valence-electron chi connectivity index (χ2n) is 8.36. The first-order valence-corrected chi connectivity index (χ1v) is 10.6. The van der Waals surface area contributed by atoms with Gasteiger partial charge in [0, 0.05) is 56.0 Å². The number of amides is 1. The quantitative estimate of drug-likeness (QED) is 0.601. The van der Waals surface area contributed by atoms with E-state index in [1.165, 1.54) is 6.92 Å². The average Bonchev–Trinajstić information content (AvgIpc) is 3.14. The van der Waals surface area contributed by atoms with Gasteiger partial charge in [-0.2, -0.15) is 13.9 Å². The van der Waals surface area contributed by atoms with Crippen LogP contribution in [0.5, 0.6) is 0 Å². The molecule has 0 aromatic carbocycles. The molecule has 0 aliphatic carbocycles. The van der Waals surface area contributed by atoms with Gasteiger partial charge < -0.3 is 10.6 Å². The number of alkyl halides is 2. The number of hydrogen-bond acceptors (Lipinski definition) is 7. The SMILES string of the molecule is CC(=O)Nc1cc(Nc2cc(C)nc(C(C)(F)F)n2)c(-c2cc3n(n2)CCN(C)C3C)cn1. The van der Waals surface area contributed by atoms with Crippen LogP contribution in [-0.2, 0) is 17.3 Å². The number of hydrogen-bond donors (Lipinski definition) is 2. The lowest BCUT2D eigenvalue weighted by atomic mass is 10.1. The maximum atomic E-state index is 13.9. The Balaban J connectivity index is 1.78.